The van der Waals surface area contributed by atoms with Gasteiger partial charge in [-0.25, -0.2) is 0 Å². The number of nitrogens with one attached hydrogen (secondary N) is 1. The van der Waals surface area contributed by atoms with Gasteiger partial charge in [-0.05, 0) is 37.6 Å². The van der Waals surface area contributed by atoms with Crippen LogP contribution in [0, 0.1) is 12.8 Å². The molecule has 0 radical (unpaired) electrons. The molecule has 0 aliphatic heterocycles. The molecule has 112 valence electrons. The summed E-state index contributed by atoms with van der Waals surface area (Å²) in [5.74, 6) is -0.225. The van der Waals surface area contributed by atoms with Crippen molar-refractivity contribution in [1.29, 1.82) is 0 Å². The molecule has 4 heteroatoms. The molecule has 3 nitrogen and oxygen atoms in total. The summed E-state index contributed by atoms with van der Waals surface area (Å²) in [6, 6.07) is 5.98. The molecule has 0 aromatic heterocycles. The van der Waals surface area contributed by atoms with Crippen molar-refractivity contribution in [1.82, 2.24) is 0 Å². The smallest absolute Gasteiger partial charge is 0.228 e. The maximum absolute atomic E-state index is 12.0. The van der Waals surface area contributed by atoms with E-state index in [4.69, 9.17) is 5.73 Å². The third kappa shape index (κ3) is 5.17. The summed E-state index contributed by atoms with van der Waals surface area (Å²) in [6.45, 7) is 12.3. The average Bonchev–Trinajstić information content (AvgIpc) is 2.29. The van der Waals surface area contributed by atoms with E-state index in [9.17, 15) is 4.79 Å². The average molecular weight is 294 g/mol. The van der Waals surface area contributed by atoms with E-state index in [1.54, 1.807) is 0 Å². The highest BCUT2D eigenvalue weighted by atomic mass is 32.2. The number of amides is 1. The molecule has 0 aliphatic rings. The number of benzene rings is 1. The number of carbonyl (C=O) groups excluding carboxylic acids is 1. The monoisotopic (exact) mass is 294 g/mol. The lowest BCUT2D eigenvalue weighted by atomic mass is 10.0. The van der Waals surface area contributed by atoms with E-state index in [2.05, 4.69) is 38.2 Å². The summed E-state index contributed by atoms with van der Waals surface area (Å²) < 4.78 is 0.181. The second-order valence-corrected chi connectivity index (χ2v) is 8.23. The van der Waals surface area contributed by atoms with Crippen molar-refractivity contribution in [3.8, 4) is 0 Å². The third-order valence-electron chi connectivity index (χ3n) is 3.08. The Kier molecular flexibility index (Phi) is 5.66. The molecule has 0 heterocycles. The van der Waals surface area contributed by atoms with Gasteiger partial charge in [-0.2, -0.15) is 0 Å². The second kappa shape index (κ2) is 6.64. The summed E-state index contributed by atoms with van der Waals surface area (Å²) in [7, 11) is 0. The molecule has 0 aliphatic carbocycles. The Bertz CT molecular complexity index is 478. The number of carbonyl (C=O) groups is 1. The van der Waals surface area contributed by atoms with Crippen LogP contribution in [0.1, 0.15) is 40.2 Å². The normalized spacial score (nSPS) is 14.8. The number of anilines is 1. The van der Waals surface area contributed by atoms with Crippen molar-refractivity contribution in [2.75, 3.05) is 5.32 Å². The van der Waals surface area contributed by atoms with Gasteiger partial charge in [0.1, 0.15) is 0 Å². The summed E-state index contributed by atoms with van der Waals surface area (Å²) in [5.41, 5.74) is 7.69. The van der Waals surface area contributed by atoms with Crippen LogP contribution in [0.15, 0.2) is 23.1 Å². The minimum absolute atomic E-state index is 0.0284. The Morgan fingerprint density at radius 2 is 1.90 bits per heavy atom. The van der Waals surface area contributed by atoms with Gasteiger partial charge in [0.05, 0.1) is 5.92 Å². The van der Waals surface area contributed by atoms with Crippen LogP contribution >= 0.6 is 11.8 Å². The Morgan fingerprint density at radius 1 is 1.30 bits per heavy atom. The fraction of sp³-hybridized carbons (Fsp3) is 0.562. The first kappa shape index (κ1) is 17.1. The van der Waals surface area contributed by atoms with Crippen LogP contribution < -0.4 is 11.1 Å². The zero-order chi connectivity index (χ0) is 15.5. The lowest BCUT2D eigenvalue weighted by Gasteiger charge is -2.19. The molecule has 0 fully saturated rings. The fourth-order valence-electron chi connectivity index (χ4n) is 1.68. The van der Waals surface area contributed by atoms with Gasteiger partial charge < -0.3 is 11.1 Å². The van der Waals surface area contributed by atoms with E-state index < -0.39 is 0 Å². The molecule has 1 amide bonds. The zero-order valence-electron chi connectivity index (χ0n) is 13.3. The van der Waals surface area contributed by atoms with Crippen molar-refractivity contribution < 1.29 is 4.79 Å². The molecule has 0 saturated heterocycles. The molecule has 1 aromatic rings. The van der Waals surface area contributed by atoms with Crippen LogP contribution in [0.3, 0.4) is 0 Å². The molecule has 0 saturated carbocycles. The van der Waals surface area contributed by atoms with Gasteiger partial charge >= 0.3 is 0 Å². The Balaban J connectivity index is 2.81. The van der Waals surface area contributed by atoms with Gasteiger partial charge in [-0.15, -0.1) is 11.8 Å². The van der Waals surface area contributed by atoms with Gasteiger partial charge in [0.15, 0.2) is 0 Å². The SMILES string of the molecule is Cc1cc(SC(C)(C)C)ccc1NC(=O)C(C)C(C)N. The molecule has 1 aromatic carbocycles. The highest BCUT2D eigenvalue weighted by Gasteiger charge is 2.18. The predicted molar refractivity (Wildman–Crippen MR) is 88.2 cm³/mol. The minimum atomic E-state index is -0.196. The van der Waals surface area contributed by atoms with Gasteiger partial charge in [0.2, 0.25) is 5.91 Å². The topological polar surface area (TPSA) is 55.1 Å². The van der Waals surface area contributed by atoms with E-state index >= 15 is 0 Å². The van der Waals surface area contributed by atoms with Gasteiger partial charge in [0.25, 0.3) is 0 Å². The number of nitrogens with two attached hydrogens (primary N) is 1. The van der Waals surface area contributed by atoms with E-state index in [0.717, 1.165) is 11.3 Å². The summed E-state index contributed by atoms with van der Waals surface area (Å²) in [4.78, 5) is 13.2. The molecular formula is C16H26N2OS. The van der Waals surface area contributed by atoms with E-state index in [-0.39, 0.29) is 22.6 Å². The van der Waals surface area contributed by atoms with E-state index in [1.807, 2.05) is 38.6 Å². The minimum Gasteiger partial charge on any atom is -0.327 e. The molecule has 1 rings (SSSR count). The standard InChI is InChI=1S/C16H26N2OS/c1-10-9-13(20-16(4,5)6)7-8-14(10)18-15(19)11(2)12(3)17/h7-9,11-12H,17H2,1-6H3,(H,18,19). The van der Waals surface area contributed by atoms with Crippen molar-refractivity contribution in [3.63, 3.8) is 0 Å². The molecular weight excluding hydrogens is 268 g/mol. The van der Waals surface area contributed by atoms with Crippen molar-refractivity contribution in [2.45, 2.75) is 57.2 Å². The van der Waals surface area contributed by atoms with Gasteiger partial charge in [-0.1, -0.05) is 27.7 Å². The van der Waals surface area contributed by atoms with Crippen LogP contribution in [-0.2, 0) is 4.79 Å². The highest BCUT2D eigenvalue weighted by Crippen LogP contribution is 2.33. The van der Waals surface area contributed by atoms with Gasteiger partial charge in [0, 0.05) is 21.4 Å². The lowest BCUT2D eigenvalue weighted by molar-refractivity contribution is -0.119. The first-order valence-electron chi connectivity index (χ1n) is 6.96. The Hall–Kier alpha value is -1.00. The molecule has 3 N–H and O–H groups in total. The van der Waals surface area contributed by atoms with Crippen LogP contribution in [0.4, 0.5) is 5.69 Å². The molecule has 2 atom stereocenters. The van der Waals surface area contributed by atoms with E-state index in [1.165, 1.54) is 4.90 Å². The maximum Gasteiger partial charge on any atom is 0.228 e. The zero-order valence-corrected chi connectivity index (χ0v) is 14.1. The first-order valence-corrected chi connectivity index (χ1v) is 7.78. The highest BCUT2D eigenvalue weighted by molar-refractivity contribution is 8.00. The molecule has 0 spiro atoms. The lowest BCUT2D eigenvalue weighted by Crippen LogP contribution is -2.34. The number of aryl methyl sites for hydroxylation is 1. The molecule has 2 unspecified atom stereocenters. The second-order valence-electron chi connectivity index (χ2n) is 6.33. The molecule has 0 bridgehead atoms. The quantitative estimate of drug-likeness (QED) is 0.830. The van der Waals surface area contributed by atoms with Crippen molar-refractivity contribution >= 4 is 23.4 Å². The van der Waals surface area contributed by atoms with Gasteiger partial charge in [-0.3, -0.25) is 4.79 Å². The first-order chi connectivity index (χ1) is 9.10. The number of hydrogen-bond donors (Lipinski definition) is 2. The fourth-order valence-corrected chi connectivity index (χ4v) is 2.76. The summed E-state index contributed by atoms with van der Waals surface area (Å²) in [5, 5.41) is 2.95. The predicted octanol–water partition coefficient (Wildman–Crippen LogP) is 3.81. The Morgan fingerprint density at radius 3 is 2.35 bits per heavy atom. The van der Waals surface area contributed by atoms with Crippen LogP contribution in [-0.4, -0.2) is 16.7 Å². The maximum atomic E-state index is 12.0. The number of hydrogen-bond acceptors (Lipinski definition) is 3. The third-order valence-corrected chi connectivity index (χ3v) is 4.18. The summed E-state index contributed by atoms with van der Waals surface area (Å²) in [6.07, 6.45) is 0. The van der Waals surface area contributed by atoms with Crippen LogP contribution in [0.2, 0.25) is 0 Å². The van der Waals surface area contributed by atoms with Crippen LogP contribution in [0.25, 0.3) is 0 Å². The van der Waals surface area contributed by atoms with Crippen molar-refractivity contribution in [2.24, 2.45) is 11.7 Å². The molecule has 20 heavy (non-hydrogen) atoms. The number of thioether (sulfide) groups is 1. The Labute approximate surface area is 126 Å². The number of rotatable bonds is 4. The van der Waals surface area contributed by atoms with Crippen LogP contribution in [0.5, 0.6) is 0 Å². The van der Waals surface area contributed by atoms with E-state index in [0.29, 0.717) is 0 Å². The van der Waals surface area contributed by atoms with Crippen molar-refractivity contribution in [3.05, 3.63) is 23.8 Å². The largest absolute Gasteiger partial charge is 0.327 e. The summed E-state index contributed by atoms with van der Waals surface area (Å²) >= 11 is 1.82.